The van der Waals surface area contributed by atoms with Crippen molar-refractivity contribution < 1.29 is 18.0 Å². The smallest absolute Gasteiger partial charge is 0.253 e. The number of carbonyl (C=O) groups excluding carboxylic acids is 2. The van der Waals surface area contributed by atoms with E-state index in [1.807, 2.05) is 18.7 Å². The second-order valence-electron chi connectivity index (χ2n) is 6.75. The third-order valence-corrected chi connectivity index (χ3v) is 6.44. The second-order valence-corrected chi connectivity index (χ2v) is 8.51. The zero-order valence-corrected chi connectivity index (χ0v) is 17.4. The van der Waals surface area contributed by atoms with Gasteiger partial charge in [0.1, 0.15) is 0 Å². The molecule has 1 aliphatic heterocycles. The minimum Gasteiger partial charge on any atom is -0.343 e. The summed E-state index contributed by atoms with van der Waals surface area (Å²) in [5.74, 6) is -0.119. The number of nitrogens with zero attached hydrogens (tertiary/aromatic N) is 2. The zero-order valence-electron chi connectivity index (χ0n) is 16.6. The molecule has 0 unspecified atom stereocenters. The summed E-state index contributed by atoms with van der Waals surface area (Å²) in [5.41, 5.74) is 0.329. The van der Waals surface area contributed by atoms with E-state index >= 15 is 0 Å². The highest BCUT2D eigenvalue weighted by Crippen LogP contribution is 2.22. The van der Waals surface area contributed by atoms with Gasteiger partial charge in [0.15, 0.2) is 0 Å². The van der Waals surface area contributed by atoms with Crippen molar-refractivity contribution >= 4 is 21.8 Å². The first-order valence-electron chi connectivity index (χ1n) is 9.62. The lowest BCUT2D eigenvalue weighted by molar-refractivity contribution is -0.136. The quantitative estimate of drug-likeness (QED) is 0.667. The number of hydrogen-bond donors (Lipinski definition) is 1. The predicted molar refractivity (Wildman–Crippen MR) is 108 cm³/mol. The van der Waals surface area contributed by atoms with Gasteiger partial charge in [-0.1, -0.05) is 12.1 Å². The van der Waals surface area contributed by atoms with Crippen LogP contribution in [0.3, 0.4) is 0 Å². The van der Waals surface area contributed by atoms with Gasteiger partial charge in [-0.3, -0.25) is 9.59 Å². The third kappa shape index (κ3) is 5.20. The number of hydrogen-bond acceptors (Lipinski definition) is 4. The first kappa shape index (κ1) is 22.1. The molecular weight excluding hydrogens is 378 g/mol. The molecule has 1 aliphatic rings. The van der Waals surface area contributed by atoms with E-state index in [-0.39, 0.29) is 29.2 Å². The minimum atomic E-state index is -3.69. The molecule has 7 nitrogen and oxygen atoms in total. The lowest BCUT2D eigenvalue weighted by atomic mass is 9.94. The summed E-state index contributed by atoms with van der Waals surface area (Å²) >= 11 is 0. The Morgan fingerprint density at radius 3 is 2.46 bits per heavy atom. The molecule has 0 bridgehead atoms. The van der Waals surface area contributed by atoms with Crippen molar-refractivity contribution in [3.05, 3.63) is 42.5 Å². The Labute approximate surface area is 167 Å². The van der Waals surface area contributed by atoms with Gasteiger partial charge >= 0.3 is 0 Å². The molecule has 1 aromatic rings. The number of amides is 2. The van der Waals surface area contributed by atoms with Crippen LogP contribution in [0.15, 0.2) is 41.8 Å². The largest absolute Gasteiger partial charge is 0.343 e. The average Bonchev–Trinajstić information content (AvgIpc) is 2.72. The molecule has 1 N–H and O–H groups in total. The molecule has 1 aromatic carbocycles. The zero-order chi connectivity index (χ0) is 20.7. The number of piperidine rings is 1. The van der Waals surface area contributed by atoms with Crippen molar-refractivity contribution in [3.63, 3.8) is 0 Å². The highest BCUT2D eigenvalue weighted by Gasteiger charge is 2.30. The van der Waals surface area contributed by atoms with E-state index in [0.717, 1.165) is 0 Å². The molecule has 8 heteroatoms. The van der Waals surface area contributed by atoms with E-state index in [4.69, 9.17) is 0 Å². The number of sulfonamides is 1. The summed E-state index contributed by atoms with van der Waals surface area (Å²) in [6.07, 6.45) is 2.70. The third-order valence-electron chi connectivity index (χ3n) is 5.02. The van der Waals surface area contributed by atoms with Crippen molar-refractivity contribution in [3.8, 4) is 0 Å². The van der Waals surface area contributed by atoms with Crippen LogP contribution in [0.1, 0.15) is 37.0 Å². The van der Waals surface area contributed by atoms with Crippen LogP contribution in [0.2, 0.25) is 0 Å². The number of benzene rings is 1. The number of rotatable bonds is 8. The second kappa shape index (κ2) is 9.84. The molecule has 2 amide bonds. The Balaban J connectivity index is 2.05. The maximum absolute atomic E-state index is 12.8. The van der Waals surface area contributed by atoms with Crippen LogP contribution in [0.4, 0.5) is 0 Å². The van der Waals surface area contributed by atoms with Gasteiger partial charge in [-0.15, -0.1) is 6.58 Å². The molecule has 0 saturated carbocycles. The predicted octanol–water partition coefficient (Wildman–Crippen LogP) is 1.87. The highest BCUT2D eigenvalue weighted by molar-refractivity contribution is 7.89. The van der Waals surface area contributed by atoms with Crippen LogP contribution < -0.4 is 4.72 Å². The first-order chi connectivity index (χ1) is 13.3. The summed E-state index contributed by atoms with van der Waals surface area (Å²) in [7, 11) is -3.69. The normalized spacial score (nSPS) is 15.3. The first-order valence-corrected chi connectivity index (χ1v) is 11.1. The van der Waals surface area contributed by atoms with Crippen LogP contribution in [0.5, 0.6) is 0 Å². The highest BCUT2D eigenvalue weighted by atomic mass is 32.2. The molecule has 0 spiro atoms. The van der Waals surface area contributed by atoms with Crippen LogP contribution in [0.25, 0.3) is 0 Å². The Morgan fingerprint density at radius 2 is 1.89 bits per heavy atom. The van der Waals surface area contributed by atoms with Crippen molar-refractivity contribution in [2.45, 2.75) is 31.6 Å². The summed E-state index contributed by atoms with van der Waals surface area (Å²) in [6, 6.07) is 6.02. The maximum atomic E-state index is 12.8. The molecule has 1 fully saturated rings. The van der Waals surface area contributed by atoms with E-state index < -0.39 is 10.0 Å². The van der Waals surface area contributed by atoms with E-state index in [2.05, 4.69) is 11.3 Å². The van der Waals surface area contributed by atoms with E-state index in [1.54, 1.807) is 17.0 Å². The molecule has 0 radical (unpaired) electrons. The molecule has 0 aliphatic carbocycles. The van der Waals surface area contributed by atoms with Crippen molar-refractivity contribution in [2.24, 2.45) is 5.92 Å². The lowest BCUT2D eigenvalue weighted by Crippen LogP contribution is -2.44. The van der Waals surface area contributed by atoms with Gasteiger partial charge in [0, 0.05) is 44.2 Å². The van der Waals surface area contributed by atoms with Gasteiger partial charge < -0.3 is 9.80 Å². The number of nitrogens with one attached hydrogen (secondary N) is 1. The number of likely N-dealkylation sites (tertiary alicyclic amines) is 1. The SMILES string of the molecule is C=CCNS(=O)(=O)c1cccc(C(=O)N2CCC(C(=O)N(CC)CC)CC2)c1. The Kier molecular flexibility index (Phi) is 7.77. The molecule has 1 heterocycles. The molecule has 0 aromatic heterocycles. The van der Waals surface area contributed by atoms with Gasteiger partial charge in [-0.2, -0.15) is 0 Å². The molecule has 1 saturated heterocycles. The molecule has 28 heavy (non-hydrogen) atoms. The molecule has 0 atom stereocenters. The summed E-state index contributed by atoms with van der Waals surface area (Å²) in [4.78, 5) is 28.9. The van der Waals surface area contributed by atoms with Crippen LogP contribution in [0, 0.1) is 5.92 Å². The maximum Gasteiger partial charge on any atom is 0.253 e. The Hall–Kier alpha value is -2.19. The Bertz CT molecular complexity index is 810. The van der Waals surface area contributed by atoms with Crippen molar-refractivity contribution in [2.75, 3.05) is 32.7 Å². The van der Waals surface area contributed by atoms with E-state index in [0.29, 0.717) is 44.6 Å². The van der Waals surface area contributed by atoms with Gasteiger partial charge in [-0.05, 0) is 44.9 Å². The average molecular weight is 408 g/mol. The topological polar surface area (TPSA) is 86.8 Å². The van der Waals surface area contributed by atoms with E-state index in [9.17, 15) is 18.0 Å². The van der Waals surface area contributed by atoms with Gasteiger partial charge in [0.2, 0.25) is 15.9 Å². The van der Waals surface area contributed by atoms with Crippen LogP contribution in [-0.4, -0.2) is 62.8 Å². The summed E-state index contributed by atoms with van der Waals surface area (Å²) in [6.45, 7) is 9.89. The molecule has 2 rings (SSSR count). The van der Waals surface area contributed by atoms with Crippen molar-refractivity contribution in [1.29, 1.82) is 0 Å². The van der Waals surface area contributed by atoms with Crippen LogP contribution >= 0.6 is 0 Å². The fraction of sp³-hybridized carbons (Fsp3) is 0.500. The minimum absolute atomic E-state index is 0.0480. The van der Waals surface area contributed by atoms with Crippen LogP contribution in [-0.2, 0) is 14.8 Å². The van der Waals surface area contributed by atoms with E-state index in [1.165, 1.54) is 18.2 Å². The lowest BCUT2D eigenvalue weighted by Gasteiger charge is -2.33. The van der Waals surface area contributed by atoms with Crippen molar-refractivity contribution in [1.82, 2.24) is 14.5 Å². The fourth-order valence-corrected chi connectivity index (χ4v) is 4.40. The fourth-order valence-electron chi connectivity index (χ4n) is 3.35. The van der Waals surface area contributed by atoms with Gasteiger partial charge in [0.05, 0.1) is 4.90 Å². The number of carbonyl (C=O) groups is 2. The molecular formula is C20H29N3O4S. The summed E-state index contributed by atoms with van der Waals surface area (Å²) in [5, 5.41) is 0. The monoisotopic (exact) mass is 407 g/mol. The van der Waals surface area contributed by atoms with Gasteiger partial charge in [-0.25, -0.2) is 13.1 Å². The van der Waals surface area contributed by atoms with Gasteiger partial charge in [0.25, 0.3) is 5.91 Å². The summed E-state index contributed by atoms with van der Waals surface area (Å²) < 4.78 is 26.9. The standard InChI is InChI=1S/C20H29N3O4S/c1-4-12-21-28(26,27)18-9-7-8-17(15-18)20(25)23-13-10-16(11-14-23)19(24)22(5-2)6-3/h4,7-9,15-16,21H,1,5-6,10-14H2,2-3H3. The molecule has 154 valence electrons. The Morgan fingerprint density at radius 1 is 1.25 bits per heavy atom.